The van der Waals surface area contributed by atoms with Crippen molar-refractivity contribution in [1.29, 1.82) is 0 Å². The van der Waals surface area contributed by atoms with Crippen molar-refractivity contribution in [2.75, 3.05) is 25.0 Å². The Balaban J connectivity index is 1.47. The molecule has 1 aromatic rings. The highest BCUT2D eigenvalue weighted by molar-refractivity contribution is 6.33. The zero-order valence-electron chi connectivity index (χ0n) is 17.8. The summed E-state index contributed by atoms with van der Waals surface area (Å²) >= 11 is 6.33. The maximum Gasteiger partial charge on any atom is 0.234 e. The quantitative estimate of drug-likeness (QED) is 0.758. The van der Waals surface area contributed by atoms with Crippen molar-refractivity contribution >= 4 is 29.2 Å². The number of hydrogen-bond donors (Lipinski definition) is 2. The molecule has 0 atom stereocenters. The summed E-state index contributed by atoms with van der Waals surface area (Å²) in [5.74, 6) is 0.391. The number of carbonyl (C=O) groups is 2. The molecule has 2 aliphatic rings. The van der Waals surface area contributed by atoms with Gasteiger partial charge >= 0.3 is 0 Å². The van der Waals surface area contributed by atoms with E-state index in [2.05, 4.69) is 20.6 Å². The lowest BCUT2D eigenvalue weighted by Gasteiger charge is -2.31. The second kappa shape index (κ2) is 9.47. The number of nitrogens with one attached hydrogen (secondary N) is 2. The lowest BCUT2D eigenvalue weighted by molar-refractivity contribution is -0.124. The number of piperidine rings is 1. The van der Waals surface area contributed by atoms with E-state index < -0.39 is 0 Å². The highest BCUT2D eigenvalue weighted by Gasteiger charge is 2.28. The number of hydrogen-bond acceptors (Lipinski definition) is 4. The van der Waals surface area contributed by atoms with Crippen LogP contribution in [-0.2, 0) is 9.59 Å². The predicted octanol–water partition coefficient (Wildman–Crippen LogP) is 3.61. The summed E-state index contributed by atoms with van der Waals surface area (Å²) < 4.78 is 1.92. The van der Waals surface area contributed by atoms with E-state index in [-0.39, 0.29) is 23.3 Å². The van der Waals surface area contributed by atoms with Crippen LogP contribution in [0, 0.1) is 5.92 Å². The molecular weight excluding hydrogens is 390 g/mol. The zero-order chi connectivity index (χ0) is 21.0. The Hall–Kier alpha value is -1.60. The average molecular weight is 424 g/mol. The van der Waals surface area contributed by atoms with Crippen molar-refractivity contribution in [2.45, 2.75) is 77.3 Å². The number of carbonyl (C=O) groups excluding carboxylic acids is 2. The smallest absolute Gasteiger partial charge is 0.234 e. The van der Waals surface area contributed by atoms with Gasteiger partial charge in [-0.25, -0.2) is 0 Å². The van der Waals surface area contributed by atoms with Crippen LogP contribution in [-0.4, -0.2) is 51.7 Å². The van der Waals surface area contributed by atoms with Gasteiger partial charge in [0, 0.05) is 17.7 Å². The minimum atomic E-state index is -0.227. The van der Waals surface area contributed by atoms with E-state index in [0.29, 0.717) is 23.4 Å². The molecule has 1 saturated carbocycles. The van der Waals surface area contributed by atoms with Crippen LogP contribution in [0.4, 0.5) is 5.82 Å². The number of likely N-dealkylation sites (tertiary alicyclic amines) is 1. The van der Waals surface area contributed by atoms with E-state index in [9.17, 15) is 9.59 Å². The van der Waals surface area contributed by atoms with Gasteiger partial charge in [0.25, 0.3) is 0 Å². The molecule has 1 saturated heterocycles. The van der Waals surface area contributed by atoms with Gasteiger partial charge in [-0.2, -0.15) is 5.10 Å². The summed E-state index contributed by atoms with van der Waals surface area (Å²) in [4.78, 5) is 26.9. The summed E-state index contributed by atoms with van der Waals surface area (Å²) in [7, 11) is 0. The van der Waals surface area contributed by atoms with Crippen LogP contribution in [0.3, 0.4) is 0 Å². The maximum absolute atomic E-state index is 12.7. The molecule has 0 unspecified atom stereocenters. The zero-order valence-corrected chi connectivity index (χ0v) is 18.6. The number of aromatic nitrogens is 2. The van der Waals surface area contributed by atoms with E-state index in [0.717, 1.165) is 38.8 Å². The third-order valence-electron chi connectivity index (χ3n) is 5.72. The fourth-order valence-corrected chi connectivity index (χ4v) is 4.40. The second-order valence-corrected chi connectivity index (χ2v) is 9.84. The Morgan fingerprint density at radius 3 is 2.41 bits per heavy atom. The SMILES string of the molecule is CC(C)(C)NC(=O)CN1CCC(C(=O)Nc2nn(C3CCCCC3)cc2Cl)CC1. The first-order chi connectivity index (χ1) is 13.7. The minimum absolute atomic E-state index is 0.0282. The largest absolute Gasteiger partial charge is 0.350 e. The molecule has 1 aliphatic carbocycles. The standard InChI is InChI=1S/C21H34ClN5O2/c1-21(2,3)24-18(28)14-26-11-9-15(10-12-26)20(29)23-19-17(22)13-27(25-19)16-7-5-4-6-8-16/h13,15-16H,4-12,14H2,1-3H3,(H,24,28)(H,23,25,29). The maximum atomic E-state index is 12.7. The Morgan fingerprint density at radius 1 is 1.14 bits per heavy atom. The molecule has 1 aromatic heterocycles. The van der Waals surface area contributed by atoms with Crippen LogP contribution in [0.15, 0.2) is 6.20 Å². The topological polar surface area (TPSA) is 79.3 Å². The van der Waals surface area contributed by atoms with Crippen LogP contribution in [0.1, 0.15) is 71.8 Å². The molecule has 0 spiro atoms. The van der Waals surface area contributed by atoms with E-state index in [1.165, 1.54) is 19.3 Å². The molecule has 0 radical (unpaired) electrons. The number of rotatable bonds is 5. The van der Waals surface area contributed by atoms with Crippen molar-refractivity contribution in [1.82, 2.24) is 20.0 Å². The van der Waals surface area contributed by atoms with E-state index >= 15 is 0 Å². The number of amides is 2. The normalized spacial score (nSPS) is 19.9. The molecule has 8 heteroatoms. The number of anilines is 1. The average Bonchev–Trinajstić information content (AvgIpc) is 3.02. The van der Waals surface area contributed by atoms with Crippen molar-refractivity contribution in [3.05, 3.63) is 11.2 Å². The Morgan fingerprint density at radius 2 is 1.79 bits per heavy atom. The van der Waals surface area contributed by atoms with Gasteiger partial charge in [0.15, 0.2) is 5.82 Å². The molecule has 2 fully saturated rings. The van der Waals surface area contributed by atoms with Gasteiger partial charge in [0.1, 0.15) is 5.02 Å². The Kier molecular flexibility index (Phi) is 7.22. The summed E-state index contributed by atoms with van der Waals surface area (Å²) in [6.07, 6.45) is 9.26. The fraction of sp³-hybridized carbons (Fsp3) is 0.762. The van der Waals surface area contributed by atoms with Gasteiger partial charge in [0.2, 0.25) is 11.8 Å². The van der Waals surface area contributed by atoms with Crippen molar-refractivity contribution in [3.63, 3.8) is 0 Å². The third kappa shape index (κ3) is 6.44. The van der Waals surface area contributed by atoms with E-state index in [1.807, 2.05) is 31.6 Å². The minimum Gasteiger partial charge on any atom is -0.350 e. The van der Waals surface area contributed by atoms with Crippen LogP contribution < -0.4 is 10.6 Å². The molecule has 0 aromatic carbocycles. The molecular formula is C21H34ClN5O2. The first-order valence-corrected chi connectivity index (χ1v) is 11.2. The molecule has 2 N–H and O–H groups in total. The van der Waals surface area contributed by atoms with Gasteiger partial charge in [-0.05, 0) is 59.5 Å². The van der Waals surface area contributed by atoms with E-state index in [1.54, 1.807) is 0 Å². The molecule has 0 bridgehead atoms. The molecule has 1 aliphatic heterocycles. The summed E-state index contributed by atoms with van der Waals surface area (Å²) in [6.45, 7) is 7.77. The summed E-state index contributed by atoms with van der Waals surface area (Å²) in [6, 6.07) is 0.384. The van der Waals surface area contributed by atoms with Gasteiger partial charge in [-0.15, -0.1) is 0 Å². The first-order valence-electron chi connectivity index (χ1n) is 10.8. The van der Waals surface area contributed by atoms with E-state index in [4.69, 9.17) is 11.6 Å². The molecule has 7 nitrogen and oxygen atoms in total. The van der Waals surface area contributed by atoms with Crippen LogP contribution in [0.25, 0.3) is 0 Å². The van der Waals surface area contributed by atoms with Crippen molar-refractivity contribution in [3.8, 4) is 0 Å². The van der Waals surface area contributed by atoms with Crippen LogP contribution in [0.2, 0.25) is 5.02 Å². The van der Waals surface area contributed by atoms with Crippen molar-refractivity contribution < 1.29 is 9.59 Å². The second-order valence-electron chi connectivity index (χ2n) is 9.44. The summed E-state index contributed by atoms with van der Waals surface area (Å²) in [5, 5.41) is 11.0. The predicted molar refractivity (Wildman–Crippen MR) is 115 cm³/mol. The monoisotopic (exact) mass is 423 g/mol. The van der Waals surface area contributed by atoms with Crippen LogP contribution >= 0.6 is 11.6 Å². The Bertz CT molecular complexity index is 713. The number of halogens is 1. The van der Waals surface area contributed by atoms with Crippen molar-refractivity contribution in [2.24, 2.45) is 5.92 Å². The highest BCUT2D eigenvalue weighted by Crippen LogP contribution is 2.31. The molecule has 2 amide bonds. The van der Waals surface area contributed by atoms with Gasteiger partial charge in [-0.1, -0.05) is 30.9 Å². The molecule has 3 rings (SSSR count). The first kappa shape index (κ1) is 22.1. The molecule has 162 valence electrons. The summed E-state index contributed by atoms with van der Waals surface area (Å²) in [5.41, 5.74) is -0.227. The fourth-order valence-electron chi connectivity index (χ4n) is 4.22. The lowest BCUT2D eigenvalue weighted by Crippen LogP contribution is -2.48. The number of nitrogens with zero attached hydrogens (tertiary/aromatic N) is 3. The van der Waals surface area contributed by atoms with Gasteiger partial charge in [0.05, 0.1) is 12.6 Å². The molecule has 29 heavy (non-hydrogen) atoms. The van der Waals surface area contributed by atoms with Crippen LogP contribution in [0.5, 0.6) is 0 Å². The third-order valence-corrected chi connectivity index (χ3v) is 5.99. The molecule has 2 heterocycles. The van der Waals surface area contributed by atoms with Gasteiger partial charge in [-0.3, -0.25) is 19.2 Å². The van der Waals surface area contributed by atoms with Gasteiger partial charge < -0.3 is 10.6 Å². The Labute approximate surface area is 178 Å². The highest BCUT2D eigenvalue weighted by atomic mass is 35.5. The lowest BCUT2D eigenvalue weighted by atomic mass is 9.96.